The Morgan fingerprint density at radius 3 is 1.86 bits per heavy atom. The number of carbonyl (C=O) groups excluding carboxylic acids is 1. The van der Waals surface area contributed by atoms with Crippen molar-refractivity contribution in [1.82, 2.24) is 0 Å². The zero-order chi connectivity index (χ0) is 19.9. The number of hydrogen-bond acceptors (Lipinski definition) is 1. The predicted octanol–water partition coefficient (Wildman–Crippen LogP) is 5.64. The van der Waals surface area contributed by atoms with Crippen LogP contribution in [0.2, 0.25) is 0 Å². The van der Waals surface area contributed by atoms with Gasteiger partial charge < -0.3 is 4.90 Å². The van der Waals surface area contributed by atoms with Gasteiger partial charge >= 0.3 is 6.18 Å². The third kappa shape index (κ3) is 2.99. The minimum Gasteiger partial charge on any atom is -0.311 e. The summed E-state index contributed by atoms with van der Waals surface area (Å²) in [5.74, 6) is -0.322. The fraction of sp³-hybridized carbons (Fsp3) is 0.0870. The molecule has 0 bridgehead atoms. The van der Waals surface area contributed by atoms with Crippen molar-refractivity contribution in [2.75, 3.05) is 11.9 Å². The quantitative estimate of drug-likeness (QED) is 0.528. The van der Waals surface area contributed by atoms with E-state index in [0.29, 0.717) is 16.7 Å². The summed E-state index contributed by atoms with van der Waals surface area (Å²) < 4.78 is 39.5. The van der Waals surface area contributed by atoms with Crippen molar-refractivity contribution in [3.63, 3.8) is 0 Å². The van der Waals surface area contributed by atoms with Crippen LogP contribution < -0.4 is 4.90 Å². The van der Waals surface area contributed by atoms with E-state index >= 15 is 0 Å². The summed E-state index contributed by atoms with van der Waals surface area (Å²) in [7, 11) is 1.50. The van der Waals surface area contributed by atoms with E-state index in [9.17, 15) is 18.0 Å². The first-order valence-electron chi connectivity index (χ1n) is 8.72. The van der Waals surface area contributed by atoms with E-state index in [1.807, 2.05) is 60.7 Å². The number of carbonyl (C=O) groups is 1. The molecule has 5 heteroatoms. The van der Waals surface area contributed by atoms with Gasteiger partial charge in [-0.3, -0.25) is 4.79 Å². The Hall–Kier alpha value is -3.34. The van der Waals surface area contributed by atoms with Crippen LogP contribution in [0.1, 0.15) is 22.3 Å². The first-order chi connectivity index (χ1) is 13.4. The van der Waals surface area contributed by atoms with Crippen LogP contribution in [0.25, 0.3) is 11.1 Å². The van der Waals surface area contributed by atoms with E-state index in [1.54, 1.807) is 0 Å². The lowest BCUT2D eigenvalue weighted by Gasteiger charge is -2.13. The van der Waals surface area contributed by atoms with Crippen molar-refractivity contribution < 1.29 is 18.0 Å². The first-order valence-corrected chi connectivity index (χ1v) is 8.72. The second-order valence-corrected chi connectivity index (χ2v) is 6.58. The lowest BCUT2D eigenvalue weighted by atomic mass is 9.90. The van der Waals surface area contributed by atoms with Crippen LogP contribution in [0.4, 0.5) is 18.9 Å². The summed E-state index contributed by atoms with van der Waals surface area (Å²) in [6.07, 6.45) is -4.47. The molecule has 0 saturated carbocycles. The van der Waals surface area contributed by atoms with Crippen LogP contribution in [-0.4, -0.2) is 13.0 Å². The van der Waals surface area contributed by atoms with E-state index in [0.717, 1.165) is 23.3 Å². The Labute approximate surface area is 160 Å². The normalized spacial score (nSPS) is 13.6. The summed E-state index contributed by atoms with van der Waals surface area (Å²) in [4.78, 5) is 14.4. The fourth-order valence-electron chi connectivity index (χ4n) is 3.50. The number of fused-ring (bicyclic) bond motifs is 1. The number of nitrogens with zero attached hydrogens (tertiary/aromatic N) is 1. The average Bonchev–Trinajstić information content (AvgIpc) is 2.94. The summed E-state index contributed by atoms with van der Waals surface area (Å²) in [5, 5.41) is 0. The van der Waals surface area contributed by atoms with Gasteiger partial charge in [0, 0.05) is 18.2 Å². The zero-order valence-corrected chi connectivity index (χ0v) is 15.0. The molecule has 0 spiro atoms. The van der Waals surface area contributed by atoms with Crippen LogP contribution in [-0.2, 0) is 11.0 Å². The Morgan fingerprint density at radius 1 is 0.821 bits per heavy atom. The van der Waals surface area contributed by atoms with Crippen molar-refractivity contribution in [1.29, 1.82) is 0 Å². The highest BCUT2D eigenvalue weighted by Crippen LogP contribution is 2.44. The monoisotopic (exact) mass is 379 g/mol. The molecule has 1 amide bonds. The van der Waals surface area contributed by atoms with Gasteiger partial charge in [0.2, 0.25) is 0 Å². The van der Waals surface area contributed by atoms with E-state index in [1.165, 1.54) is 18.0 Å². The van der Waals surface area contributed by atoms with E-state index in [-0.39, 0.29) is 11.6 Å². The Kier molecular flexibility index (Phi) is 4.30. The molecule has 4 rings (SSSR count). The van der Waals surface area contributed by atoms with Crippen molar-refractivity contribution in [3.8, 4) is 0 Å². The topological polar surface area (TPSA) is 20.3 Å². The van der Waals surface area contributed by atoms with E-state index in [4.69, 9.17) is 0 Å². The van der Waals surface area contributed by atoms with Gasteiger partial charge in [-0.05, 0) is 23.3 Å². The number of benzene rings is 3. The molecule has 0 fully saturated rings. The first kappa shape index (κ1) is 18.0. The number of alkyl halides is 3. The van der Waals surface area contributed by atoms with Gasteiger partial charge in [-0.15, -0.1) is 0 Å². The second-order valence-electron chi connectivity index (χ2n) is 6.58. The van der Waals surface area contributed by atoms with Gasteiger partial charge in [-0.2, -0.15) is 13.2 Å². The molecule has 3 aromatic carbocycles. The minimum absolute atomic E-state index is 0.263. The summed E-state index contributed by atoms with van der Waals surface area (Å²) in [6, 6.07) is 22.3. The minimum atomic E-state index is -4.47. The van der Waals surface area contributed by atoms with Gasteiger partial charge in [0.1, 0.15) is 0 Å². The van der Waals surface area contributed by atoms with Crippen molar-refractivity contribution >= 4 is 22.7 Å². The van der Waals surface area contributed by atoms with Crippen molar-refractivity contribution in [2.45, 2.75) is 6.18 Å². The number of likely N-dealkylation sites (N-methyl/N-ethyl adjacent to an activating group) is 1. The average molecular weight is 379 g/mol. The Balaban J connectivity index is 2.02. The lowest BCUT2D eigenvalue weighted by molar-refractivity contribution is -0.137. The molecule has 1 aliphatic heterocycles. The molecule has 1 heterocycles. The molecule has 0 unspecified atom stereocenters. The van der Waals surface area contributed by atoms with E-state index in [2.05, 4.69) is 0 Å². The number of anilines is 1. The molecule has 2 nitrogen and oxygen atoms in total. The van der Waals surface area contributed by atoms with Gasteiger partial charge in [0.25, 0.3) is 5.91 Å². The Morgan fingerprint density at radius 2 is 1.36 bits per heavy atom. The van der Waals surface area contributed by atoms with Crippen LogP contribution in [0.3, 0.4) is 0 Å². The molecule has 0 radical (unpaired) electrons. The van der Waals surface area contributed by atoms with Gasteiger partial charge in [0.15, 0.2) is 0 Å². The summed E-state index contributed by atoms with van der Waals surface area (Å²) in [6.45, 7) is 0. The third-order valence-electron chi connectivity index (χ3n) is 4.85. The van der Waals surface area contributed by atoms with E-state index < -0.39 is 11.7 Å². The maximum absolute atomic E-state index is 13.2. The molecular weight excluding hydrogens is 363 g/mol. The van der Waals surface area contributed by atoms with Gasteiger partial charge in [0.05, 0.1) is 16.8 Å². The maximum Gasteiger partial charge on any atom is 0.416 e. The molecule has 0 saturated heterocycles. The molecule has 0 N–H and O–H groups in total. The highest BCUT2D eigenvalue weighted by Gasteiger charge is 2.37. The zero-order valence-electron chi connectivity index (χ0n) is 15.0. The molecule has 140 valence electrons. The molecule has 28 heavy (non-hydrogen) atoms. The fourth-order valence-corrected chi connectivity index (χ4v) is 3.50. The number of amides is 1. The predicted molar refractivity (Wildman–Crippen MR) is 104 cm³/mol. The smallest absolute Gasteiger partial charge is 0.311 e. The third-order valence-corrected chi connectivity index (χ3v) is 4.85. The summed E-state index contributed by atoms with van der Waals surface area (Å²) in [5.41, 5.74) is 2.77. The number of rotatable bonds is 2. The largest absolute Gasteiger partial charge is 0.416 e. The molecular formula is C23H16F3NO. The molecule has 0 aromatic heterocycles. The lowest BCUT2D eigenvalue weighted by Crippen LogP contribution is -2.21. The van der Waals surface area contributed by atoms with Crippen LogP contribution in [0.5, 0.6) is 0 Å². The molecule has 3 aromatic rings. The maximum atomic E-state index is 13.2. The highest BCUT2D eigenvalue weighted by molar-refractivity contribution is 6.38. The van der Waals surface area contributed by atoms with Crippen molar-refractivity contribution in [3.05, 3.63) is 101 Å². The van der Waals surface area contributed by atoms with Gasteiger partial charge in [-0.1, -0.05) is 66.7 Å². The highest BCUT2D eigenvalue weighted by atomic mass is 19.4. The Bertz CT molecular complexity index is 1030. The van der Waals surface area contributed by atoms with Crippen molar-refractivity contribution in [2.24, 2.45) is 0 Å². The summed E-state index contributed by atoms with van der Waals surface area (Å²) >= 11 is 0. The molecule has 1 aliphatic rings. The number of halogens is 3. The molecule has 0 aliphatic carbocycles. The number of hydrogen-bond donors (Lipinski definition) is 0. The standard InChI is InChI=1S/C23H16F3NO/c1-27-19-14-17(23(24,25)26)12-13-18(19)21(22(27)28)20(15-8-4-2-5-9-15)16-10-6-3-7-11-16/h2-14H,1H3. The SMILES string of the molecule is CN1C(=O)C(=C(c2ccccc2)c2ccccc2)c2ccc(C(F)(F)F)cc21. The van der Waals surface area contributed by atoms with Crippen LogP contribution in [0, 0.1) is 0 Å². The molecule has 0 atom stereocenters. The second kappa shape index (κ2) is 6.68. The van der Waals surface area contributed by atoms with Crippen LogP contribution >= 0.6 is 0 Å². The van der Waals surface area contributed by atoms with Gasteiger partial charge in [-0.25, -0.2) is 0 Å². The van der Waals surface area contributed by atoms with Crippen LogP contribution in [0.15, 0.2) is 78.9 Å².